The van der Waals surface area contributed by atoms with Gasteiger partial charge in [-0.1, -0.05) is 0 Å². The summed E-state index contributed by atoms with van der Waals surface area (Å²) >= 11 is 0. The van der Waals surface area contributed by atoms with Crippen molar-refractivity contribution in [3.05, 3.63) is 0 Å². The maximum absolute atomic E-state index is 9.18. The van der Waals surface area contributed by atoms with E-state index in [0.29, 0.717) is 0 Å². The SMILES string of the molecule is O.O.O.O.O.O.O.O.O.O.O.O.O.OB1O[B-]2(O)OB(O)O[B-](O)(O1)O2.[Na+].[Na+]. The maximum Gasteiger partial charge on any atom is 1.00 e. The molecule has 0 radical (unpaired) electrons. The van der Waals surface area contributed by atoms with Gasteiger partial charge in [0.05, 0.1) is 0 Å². The Bertz CT molecular complexity index is 197. The van der Waals surface area contributed by atoms with Gasteiger partial charge in [-0.3, -0.25) is 0 Å². The summed E-state index contributed by atoms with van der Waals surface area (Å²) in [6.07, 6.45) is 0. The minimum Gasteiger partial charge on any atom is -0.679 e. The van der Waals surface area contributed by atoms with E-state index in [2.05, 4.69) is 22.9 Å². The van der Waals surface area contributed by atoms with Crippen LogP contribution >= 0.6 is 0 Å². The van der Waals surface area contributed by atoms with Crippen LogP contribution in [0.15, 0.2) is 0 Å². The van der Waals surface area contributed by atoms with E-state index in [-0.39, 0.29) is 130 Å². The zero-order valence-corrected chi connectivity index (χ0v) is 18.6. The van der Waals surface area contributed by atoms with Gasteiger partial charge in [0.1, 0.15) is 0 Å². The van der Waals surface area contributed by atoms with Gasteiger partial charge in [0.25, 0.3) is 0 Å². The number of hydrogen-bond acceptors (Lipinski definition) is 9. The van der Waals surface area contributed by atoms with Crippen LogP contribution in [0.1, 0.15) is 0 Å². The molecule has 2 aliphatic heterocycles. The second kappa shape index (κ2) is 35.8. The molecule has 2 bridgehead atoms. The molecule has 0 atom stereocenters. The minimum atomic E-state index is -3.45. The van der Waals surface area contributed by atoms with Crippen LogP contribution in [0.25, 0.3) is 0 Å². The molecule has 0 saturated carbocycles. The summed E-state index contributed by atoms with van der Waals surface area (Å²) in [6, 6.07) is 0. The molecular formula is H30B4Na2O22. The molecule has 0 aromatic carbocycles. The smallest absolute Gasteiger partial charge is 0.679 e. The van der Waals surface area contributed by atoms with Crippen LogP contribution in [0, 0.1) is 0 Å². The van der Waals surface area contributed by atoms with Crippen molar-refractivity contribution >= 4 is 28.6 Å². The summed E-state index contributed by atoms with van der Waals surface area (Å²) in [7, 11) is -3.92. The van der Waals surface area contributed by atoms with Crippen LogP contribution in [0.4, 0.5) is 0 Å². The van der Waals surface area contributed by atoms with Gasteiger partial charge in [-0.05, 0) is 0 Å². The number of rotatable bonds is 0. The van der Waals surface area contributed by atoms with E-state index in [1.54, 1.807) is 0 Å². The van der Waals surface area contributed by atoms with Gasteiger partial charge in [0, 0.05) is 0 Å². The van der Waals surface area contributed by atoms with Crippen molar-refractivity contribution in [2.24, 2.45) is 0 Å². The molecule has 2 saturated heterocycles. The monoisotopic (exact) mass is 472 g/mol. The van der Waals surface area contributed by atoms with Crippen LogP contribution in [-0.2, 0) is 22.9 Å². The second-order valence-electron chi connectivity index (χ2n) is 2.50. The Balaban J connectivity index is -0.0000000109. The fraction of sp³-hybridized carbons (Fsp3) is 0. The quantitative estimate of drug-likeness (QED) is 0.243. The summed E-state index contributed by atoms with van der Waals surface area (Å²) in [4.78, 5) is 0. The van der Waals surface area contributed by atoms with E-state index in [1.165, 1.54) is 0 Å². The third kappa shape index (κ3) is 25.4. The third-order valence-corrected chi connectivity index (χ3v) is 1.50. The predicted molar refractivity (Wildman–Crippen MR) is 84.3 cm³/mol. The summed E-state index contributed by atoms with van der Waals surface area (Å²) in [5.74, 6) is 0. The maximum atomic E-state index is 9.18. The van der Waals surface area contributed by atoms with Crippen molar-refractivity contribution in [2.45, 2.75) is 0 Å². The van der Waals surface area contributed by atoms with Crippen LogP contribution in [0.3, 0.4) is 0 Å². The van der Waals surface area contributed by atoms with Gasteiger partial charge in [-0.15, -0.1) is 0 Å². The van der Waals surface area contributed by atoms with Gasteiger partial charge >= 0.3 is 87.7 Å². The first-order valence-corrected chi connectivity index (χ1v) is 3.39. The molecule has 0 aromatic rings. The van der Waals surface area contributed by atoms with Crippen LogP contribution in [0.2, 0.25) is 0 Å². The minimum absolute atomic E-state index is 0. The Kier molecular flexibility index (Phi) is 128. The van der Waals surface area contributed by atoms with Gasteiger partial charge < -0.3 is 114 Å². The normalized spacial score (nSPS) is 21.0. The first-order valence-electron chi connectivity index (χ1n) is 3.39. The average Bonchev–Trinajstić information content (AvgIpc) is 1.75. The standard InChI is InChI=1S/B4H4O9.2Na.13H2O/c5-1-9-3(7)11-2(6)12-4(8,10-1)13-3;;;;;;;;;;;;;;;/h5-8H;;;13*1H2/q-2;2*+1;;;;;;;;;;;;;. The molecule has 2 fully saturated rings. The fourth-order valence-corrected chi connectivity index (χ4v) is 1.06. The second-order valence-corrected chi connectivity index (χ2v) is 2.50. The first kappa shape index (κ1) is 100. The topological polar surface area (TPSA) is 537 Å². The molecule has 2 heterocycles. The molecule has 0 aromatic heterocycles. The molecule has 22 nitrogen and oxygen atoms in total. The summed E-state index contributed by atoms with van der Waals surface area (Å²) in [5.41, 5.74) is 0. The van der Waals surface area contributed by atoms with Crippen LogP contribution in [-0.4, -0.2) is 120 Å². The molecule has 0 amide bonds. The Hall–Kier alpha value is 1.38. The van der Waals surface area contributed by atoms with Gasteiger partial charge in [-0.25, -0.2) is 0 Å². The Morgan fingerprint density at radius 2 is 0.571 bits per heavy atom. The van der Waals surface area contributed by atoms with Crippen LogP contribution < -0.4 is 59.1 Å². The Labute approximate surface area is 201 Å². The number of hydrogen-bond donors (Lipinski definition) is 4. The molecule has 176 valence electrons. The summed E-state index contributed by atoms with van der Waals surface area (Å²) < 4.78 is 21.1. The van der Waals surface area contributed by atoms with Crippen molar-refractivity contribution in [3.63, 3.8) is 0 Å². The van der Waals surface area contributed by atoms with Crippen molar-refractivity contribution in [1.82, 2.24) is 0 Å². The van der Waals surface area contributed by atoms with Crippen LogP contribution in [0.5, 0.6) is 0 Å². The molecule has 28 heteroatoms. The van der Waals surface area contributed by atoms with E-state index < -0.39 is 28.6 Å². The van der Waals surface area contributed by atoms with Gasteiger partial charge in [0.2, 0.25) is 0 Å². The van der Waals surface area contributed by atoms with E-state index in [1.807, 2.05) is 0 Å². The molecule has 2 rings (SSSR count). The molecule has 28 heavy (non-hydrogen) atoms. The Morgan fingerprint density at radius 3 is 0.714 bits per heavy atom. The van der Waals surface area contributed by atoms with E-state index in [0.717, 1.165) is 0 Å². The molecular weight excluding hydrogens is 441 g/mol. The Morgan fingerprint density at radius 1 is 0.429 bits per heavy atom. The van der Waals surface area contributed by atoms with E-state index in [4.69, 9.17) is 10.0 Å². The zero-order valence-electron chi connectivity index (χ0n) is 14.6. The predicted octanol–water partition coefficient (Wildman–Crippen LogP) is -20.8. The van der Waals surface area contributed by atoms with Gasteiger partial charge in [-0.2, -0.15) is 0 Å². The molecule has 0 spiro atoms. The van der Waals surface area contributed by atoms with E-state index in [9.17, 15) is 10.0 Å². The molecule has 0 unspecified atom stereocenters. The number of fused-ring (bicyclic) bond motifs is 2. The fourth-order valence-electron chi connectivity index (χ4n) is 1.06. The van der Waals surface area contributed by atoms with Crippen molar-refractivity contribution < 1.29 is 173 Å². The van der Waals surface area contributed by atoms with Crippen molar-refractivity contribution in [2.75, 3.05) is 0 Å². The van der Waals surface area contributed by atoms with Crippen molar-refractivity contribution in [3.8, 4) is 0 Å². The molecule has 0 aliphatic carbocycles. The molecule has 30 N–H and O–H groups in total. The zero-order chi connectivity index (χ0) is 9.69. The first-order chi connectivity index (χ1) is 5.91. The summed E-state index contributed by atoms with van der Waals surface area (Å²) in [5, 5.41) is 35.9. The molecule has 2 aliphatic rings. The van der Waals surface area contributed by atoms with E-state index >= 15 is 0 Å². The average molecular weight is 471 g/mol. The van der Waals surface area contributed by atoms with Crippen molar-refractivity contribution in [1.29, 1.82) is 0 Å². The summed E-state index contributed by atoms with van der Waals surface area (Å²) in [6.45, 7) is -6.90. The van der Waals surface area contributed by atoms with Gasteiger partial charge in [0.15, 0.2) is 0 Å². The largest absolute Gasteiger partial charge is 1.00 e. The third-order valence-electron chi connectivity index (χ3n) is 1.50.